The van der Waals surface area contributed by atoms with Gasteiger partial charge in [-0.3, -0.25) is 14.3 Å². The van der Waals surface area contributed by atoms with E-state index in [4.69, 9.17) is 0 Å². The summed E-state index contributed by atoms with van der Waals surface area (Å²) >= 11 is 1.49. The number of hydrogen-bond donors (Lipinski definition) is 0. The number of nitrogens with zero attached hydrogens (tertiary/aromatic N) is 2. The van der Waals surface area contributed by atoms with Crippen molar-refractivity contribution in [1.82, 2.24) is 9.78 Å². The third-order valence-electron chi connectivity index (χ3n) is 2.19. The first-order valence-electron chi connectivity index (χ1n) is 4.88. The van der Waals surface area contributed by atoms with Crippen molar-refractivity contribution < 1.29 is 14.3 Å². The Morgan fingerprint density at radius 2 is 2.47 bits per heavy atom. The quantitative estimate of drug-likeness (QED) is 0.610. The molecular formula is C11H10N2O3S. The predicted molar refractivity (Wildman–Crippen MR) is 62.9 cm³/mol. The molecule has 0 fully saturated rings. The fraction of sp³-hybridized carbons (Fsp3) is 0.182. The lowest BCUT2D eigenvalue weighted by atomic mass is 10.2. The van der Waals surface area contributed by atoms with Crippen LogP contribution in [0.2, 0.25) is 0 Å². The molecule has 2 aromatic rings. The molecule has 88 valence electrons. The van der Waals surface area contributed by atoms with Gasteiger partial charge in [0.1, 0.15) is 12.2 Å². The summed E-state index contributed by atoms with van der Waals surface area (Å²) in [5, 5.41) is 6.11. The number of hydrogen-bond acceptors (Lipinski definition) is 5. The van der Waals surface area contributed by atoms with Crippen LogP contribution in [-0.4, -0.2) is 29.1 Å². The molecule has 6 heteroatoms. The molecule has 2 heterocycles. The molecule has 0 amide bonds. The van der Waals surface area contributed by atoms with Gasteiger partial charge in [-0.15, -0.1) is 11.3 Å². The van der Waals surface area contributed by atoms with Crippen molar-refractivity contribution in [3.05, 3.63) is 29.3 Å². The number of thiophene rings is 1. The Labute approximate surface area is 102 Å². The van der Waals surface area contributed by atoms with Crippen molar-refractivity contribution in [1.29, 1.82) is 0 Å². The molecular weight excluding hydrogens is 240 g/mol. The minimum Gasteiger partial charge on any atom is -0.468 e. The maximum absolute atomic E-state index is 11.1. The van der Waals surface area contributed by atoms with Gasteiger partial charge in [-0.05, 0) is 11.4 Å². The van der Waals surface area contributed by atoms with Crippen molar-refractivity contribution >= 4 is 23.6 Å². The maximum atomic E-state index is 11.1. The van der Waals surface area contributed by atoms with Gasteiger partial charge < -0.3 is 4.74 Å². The zero-order valence-corrected chi connectivity index (χ0v) is 9.94. The lowest BCUT2D eigenvalue weighted by molar-refractivity contribution is -0.141. The van der Waals surface area contributed by atoms with E-state index < -0.39 is 5.97 Å². The summed E-state index contributed by atoms with van der Waals surface area (Å²) in [6.07, 6.45) is 2.27. The van der Waals surface area contributed by atoms with E-state index in [1.807, 2.05) is 17.5 Å². The molecule has 0 radical (unpaired) electrons. The third-order valence-corrected chi connectivity index (χ3v) is 3.07. The van der Waals surface area contributed by atoms with Crippen molar-refractivity contribution in [2.75, 3.05) is 7.11 Å². The number of aromatic nitrogens is 2. The molecule has 0 atom stereocenters. The zero-order valence-electron chi connectivity index (χ0n) is 9.12. The summed E-state index contributed by atoms with van der Waals surface area (Å²) in [5.41, 5.74) is 1.07. The number of esters is 1. The van der Waals surface area contributed by atoms with Gasteiger partial charge in [-0.2, -0.15) is 5.10 Å². The minimum atomic E-state index is -0.400. The van der Waals surface area contributed by atoms with E-state index in [9.17, 15) is 9.59 Å². The van der Waals surface area contributed by atoms with Crippen LogP contribution in [0.5, 0.6) is 0 Å². The molecule has 0 aliphatic rings. The van der Waals surface area contributed by atoms with E-state index in [0.29, 0.717) is 11.3 Å². The maximum Gasteiger partial charge on any atom is 0.327 e. The molecule has 2 aromatic heterocycles. The molecule has 0 spiro atoms. The third kappa shape index (κ3) is 2.42. The van der Waals surface area contributed by atoms with Crippen molar-refractivity contribution in [3.8, 4) is 10.6 Å². The number of carbonyl (C=O) groups is 2. The van der Waals surface area contributed by atoms with Crippen molar-refractivity contribution in [3.63, 3.8) is 0 Å². The fourth-order valence-electron chi connectivity index (χ4n) is 1.41. The van der Waals surface area contributed by atoms with E-state index in [1.54, 1.807) is 6.20 Å². The Hall–Kier alpha value is -1.95. The van der Waals surface area contributed by atoms with Crippen LogP contribution >= 0.6 is 11.3 Å². The highest BCUT2D eigenvalue weighted by Crippen LogP contribution is 2.25. The van der Waals surface area contributed by atoms with Gasteiger partial charge in [0.15, 0.2) is 6.29 Å². The van der Waals surface area contributed by atoms with E-state index in [1.165, 1.54) is 23.1 Å². The molecule has 0 N–H and O–H groups in total. The van der Waals surface area contributed by atoms with Crippen molar-refractivity contribution in [2.45, 2.75) is 6.54 Å². The number of aldehydes is 1. The van der Waals surface area contributed by atoms with Crippen molar-refractivity contribution in [2.24, 2.45) is 0 Å². The standard InChI is InChI=1S/C11H10N2O3S/c1-16-10(15)6-13-5-8(7-14)11(12-13)9-3-2-4-17-9/h2-5,7H,6H2,1H3. The topological polar surface area (TPSA) is 61.2 Å². The second kappa shape index (κ2) is 4.92. The number of carbonyl (C=O) groups excluding carboxylic acids is 2. The SMILES string of the molecule is COC(=O)Cn1cc(C=O)c(-c2cccs2)n1. The van der Waals surface area contributed by atoms with Crippen LogP contribution < -0.4 is 0 Å². The Kier molecular flexibility index (Phi) is 3.34. The van der Waals surface area contributed by atoms with Gasteiger partial charge in [0.25, 0.3) is 0 Å². The average molecular weight is 250 g/mol. The van der Waals surface area contributed by atoms with Crippen LogP contribution in [0.4, 0.5) is 0 Å². The summed E-state index contributed by atoms with van der Waals surface area (Å²) in [5.74, 6) is -0.400. The molecule has 0 aliphatic carbocycles. The number of ether oxygens (including phenoxy) is 1. The lowest BCUT2D eigenvalue weighted by Gasteiger charge is -1.98. The summed E-state index contributed by atoms with van der Waals surface area (Å²) in [7, 11) is 1.31. The van der Waals surface area contributed by atoms with Crippen LogP contribution in [0.15, 0.2) is 23.7 Å². The highest BCUT2D eigenvalue weighted by molar-refractivity contribution is 7.13. The van der Waals surface area contributed by atoms with E-state index >= 15 is 0 Å². The van der Waals surface area contributed by atoms with Crippen LogP contribution in [-0.2, 0) is 16.1 Å². The smallest absolute Gasteiger partial charge is 0.327 e. The number of methoxy groups -OCH3 is 1. The largest absolute Gasteiger partial charge is 0.468 e. The van der Waals surface area contributed by atoms with Gasteiger partial charge >= 0.3 is 5.97 Å². The first-order chi connectivity index (χ1) is 8.24. The van der Waals surface area contributed by atoms with E-state index in [0.717, 1.165) is 11.2 Å². The Morgan fingerprint density at radius 1 is 1.65 bits per heavy atom. The highest BCUT2D eigenvalue weighted by atomic mass is 32.1. The normalized spacial score (nSPS) is 10.2. The van der Waals surface area contributed by atoms with Gasteiger partial charge in [0, 0.05) is 6.20 Å². The fourth-order valence-corrected chi connectivity index (χ4v) is 2.14. The predicted octanol–water partition coefficient (Wildman–Crippen LogP) is 1.60. The molecule has 0 saturated heterocycles. The van der Waals surface area contributed by atoms with E-state index in [2.05, 4.69) is 9.84 Å². The molecule has 0 bridgehead atoms. The van der Waals surface area contributed by atoms with Crippen LogP contribution in [0.3, 0.4) is 0 Å². The molecule has 2 rings (SSSR count). The highest BCUT2D eigenvalue weighted by Gasteiger charge is 2.13. The molecule has 0 aliphatic heterocycles. The second-order valence-corrected chi connectivity index (χ2v) is 4.25. The summed E-state index contributed by atoms with van der Waals surface area (Å²) < 4.78 is 5.95. The van der Waals surface area contributed by atoms with E-state index in [-0.39, 0.29) is 6.54 Å². The molecule has 5 nitrogen and oxygen atoms in total. The zero-order chi connectivity index (χ0) is 12.3. The first-order valence-corrected chi connectivity index (χ1v) is 5.76. The van der Waals surface area contributed by atoms with Crippen LogP contribution in [0.25, 0.3) is 10.6 Å². The second-order valence-electron chi connectivity index (χ2n) is 3.30. The van der Waals surface area contributed by atoms with Crippen LogP contribution in [0, 0.1) is 0 Å². The monoisotopic (exact) mass is 250 g/mol. The Morgan fingerprint density at radius 3 is 3.06 bits per heavy atom. The molecule has 0 saturated carbocycles. The number of rotatable bonds is 4. The summed E-state index contributed by atoms with van der Waals surface area (Å²) in [6, 6.07) is 3.76. The Bertz CT molecular complexity index is 531. The Balaban J connectivity index is 2.33. The summed E-state index contributed by atoms with van der Waals surface area (Å²) in [4.78, 5) is 22.9. The van der Waals surface area contributed by atoms with Gasteiger partial charge in [0.05, 0.1) is 17.6 Å². The average Bonchev–Trinajstić information content (AvgIpc) is 2.96. The lowest BCUT2D eigenvalue weighted by Crippen LogP contribution is -2.11. The van der Waals surface area contributed by atoms with Crippen LogP contribution in [0.1, 0.15) is 10.4 Å². The van der Waals surface area contributed by atoms with Gasteiger partial charge in [-0.1, -0.05) is 6.07 Å². The summed E-state index contributed by atoms with van der Waals surface area (Å²) in [6.45, 7) is 0.00269. The molecule has 17 heavy (non-hydrogen) atoms. The molecule has 0 unspecified atom stereocenters. The first kappa shape index (κ1) is 11.5. The minimum absolute atomic E-state index is 0.00269. The van der Waals surface area contributed by atoms with Gasteiger partial charge in [0.2, 0.25) is 0 Å². The molecule has 0 aromatic carbocycles. The van der Waals surface area contributed by atoms with Gasteiger partial charge in [-0.25, -0.2) is 0 Å².